The van der Waals surface area contributed by atoms with Gasteiger partial charge >= 0.3 is 0 Å². The molecule has 1 rings (SSSR count). The Bertz CT molecular complexity index is 372. The average molecular weight is 511 g/mol. The lowest BCUT2D eigenvalue weighted by Crippen LogP contribution is -1.99. The molecule has 1 nitrogen and oxygen atoms in total. The molecule has 4 heteroatoms. The summed E-state index contributed by atoms with van der Waals surface area (Å²) in [5.41, 5.74) is 9.04. The summed E-state index contributed by atoms with van der Waals surface area (Å²) in [5.74, 6) is 0. The maximum Gasteiger partial charge on any atom is 0.0592 e. The predicted molar refractivity (Wildman–Crippen MR) is 83.7 cm³/mol. The summed E-state index contributed by atoms with van der Waals surface area (Å²) in [7, 11) is 0. The maximum absolute atomic E-state index is 5.93. The van der Waals surface area contributed by atoms with Crippen molar-refractivity contribution < 1.29 is 0 Å². The van der Waals surface area contributed by atoms with E-state index in [0.29, 0.717) is 0 Å². The Hall–Kier alpha value is 0.950. The maximum atomic E-state index is 5.93. The minimum atomic E-state index is 0.861. The molecule has 0 amide bonds. The fourth-order valence-electron chi connectivity index (χ4n) is 0.997. The van der Waals surface area contributed by atoms with Gasteiger partial charge in [0.1, 0.15) is 0 Å². The molecule has 0 spiro atoms. The van der Waals surface area contributed by atoms with Gasteiger partial charge in [-0.3, -0.25) is 0 Å². The molecule has 0 atom stereocenters. The largest absolute Gasteiger partial charge is 0.397 e. The zero-order valence-corrected chi connectivity index (χ0v) is 13.5. The van der Waals surface area contributed by atoms with Crippen LogP contribution < -0.4 is 5.73 Å². The molecule has 1 aromatic carbocycles. The van der Waals surface area contributed by atoms with Crippen LogP contribution in [0.2, 0.25) is 0 Å². The average Bonchev–Trinajstić information content (AvgIpc) is 1.99. The molecule has 0 fully saturated rings. The van der Waals surface area contributed by atoms with Crippen molar-refractivity contribution in [1.29, 1.82) is 0 Å². The second-order valence-corrected chi connectivity index (χ2v) is 6.13. The molecular formula is C9H8I3N. The molecule has 13 heavy (non-hydrogen) atoms. The Balaban J connectivity index is 3.53. The molecule has 0 aromatic heterocycles. The summed E-state index contributed by atoms with van der Waals surface area (Å²) < 4.78 is 3.44. The van der Waals surface area contributed by atoms with Crippen molar-refractivity contribution in [2.75, 3.05) is 5.73 Å². The van der Waals surface area contributed by atoms with Gasteiger partial charge in [-0.15, -0.1) is 0 Å². The van der Waals surface area contributed by atoms with E-state index in [2.05, 4.69) is 80.4 Å². The number of anilines is 1. The van der Waals surface area contributed by atoms with Gasteiger partial charge in [-0.25, -0.2) is 0 Å². The van der Waals surface area contributed by atoms with Crippen LogP contribution in [0.15, 0.2) is 12.6 Å². The van der Waals surface area contributed by atoms with E-state index in [1.165, 1.54) is 9.13 Å². The molecule has 0 aliphatic rings. The van der Waals surface area contributed by atoms with Crippen LogP contribution in [0.3, 0.4) is 0 Å². The number of rotatable bonds is 1. The van der Waals surface area contributed by atoms with E-state index in [0.717, 1.165) is 18.4 Å². The highest BCUT2D eigenvalue weighted by Gasteiger charge is 2.11. The van der Waals surface area contributed by atoms with Crippen molar-refractivity contribution in [2.45, 2.75) is 6.92 Å². The van der Waals surface area contributed by atoms with Crippen LogP contribution in [0.1, 0.15) is 12.5 Å². The third-order valence-electron chi connectivity index (χ3n) is 1.63. The van der Waals surface area contributed by atoms with Gasteiger partial charge in [0.25, 0.3) is 0 Å². The first-order chi connectivity index (χ1) is 5.95. The molecule has 0 bridgehead atoms. The van der Waals surface area contributed by atoms with Crippen molar-refractivity contribution in [3.05, 3.63) is 28.9 Å². The summed E-state index contributed by atoms with van der Waals surface area (Å²) in [4.78, 5) is 0. The Kier molecular flexibility index (Phi) is 4.30. The van der Waals surface area contributed by atoms with Crippen molar-refractivity contribution in [2.24, 2.45) is 0 Å². The lowest BCUT2D eigenvalue weighted by atomic mass is 10.1. The van der Waals surface area contributed by atoms with Gasteiger partial charge in [0.05, 0.1) is 5.69 Å². The first kappa shape index (κ1) is 12.0. The van der Waals surface area contributed by atoms with E-state index in [4.69, 9.17) is 5.73 Å². The highest BCUT2D eigenvalue weighted by molar-refractivity contribution is 14.1. The van der Waals surface area contributed by atoms with Gasteiger partial charge in [-0.1, -0.05) is 6.58 Å². The monoisotopic (exact) mass is 511 g/mol. The number of benzene rings is 1. The van der Waals surface area contributed by atoms with E-state index in [9.17, 15) is 0 Å². The van der Waals surface area contributed by atoms with Gasteiger partial charge in [-0.05, 0) is 86.3 Å². The number of nitrogen functional groups attached to an aromatic ring is 1. The predicted octanol–water partition coefficient (Wildman–Crippen LogP) is 4.12. The van der Waals surface area contributed by atoms with Crippen LogP contribution in [0, 0.1) is 10.7 Å². The van der Waals surface area contributed by atoms with Crippen LogP contribution in [-0.2, 0) is 0 Å². The molecule has 0 radical (unpaired) electrons. The van der Waals surface area contributed by atoms with Gasteiger partial charge in [0.2, 0.25) is 0 Å². The second-order valence-electron chi connectivity index (χ2n) is 2.72. The molecule has 0 saturated carbocycles. The minimum Gasteiger partial charge on any atom is -0.397 e. The SMILES string of the molecule is C=C(C)c1c(I)cc(I)c(N)c1I. The van der Waals surface area contributed by atoms with Gasteiger partial charge < -0.3 is 5.73 Å². The molecule has 2 N–H and O–H groups in total. The molecular weight excluding hydrogens is 503 g/mol. The molecule has 0 unspecified atom stereocenters. The number of allylic oxidation sites excluding steroid dienone is 1. The molecule has 1 aromatic rings. The number of halogens is 3. The highest BCUT2D eigenvalue weighted by atomic mass is 127. The molecule has 0 heterocycles. The highest BCUT2D eigenvalue weighted by Crippen LogP contribution is 2.32. The zero-order chi connectivity index (χ0) is 10.2. The van der Waals surface area contributed by atoms with Crippen molar-refractivity contribution >= 4 is 79.0 Å². The van der Waals surface area contributed by atoms with E-state index < -0.39 is 0 Å². The van der Waals surface area contributed by atoms with Crippen molar-refractivity contribution in [3.8, 4) is 0 Å². The van der Waals surface area contributed by atoms with Gasteiger partial charge in [-0.2, -0.15) is 0 Å². The zero-order valence-electron chi connectivity index (χ0n) is 7.00. The molecule has 0 aliphatic heterocycles. The topological polar surface area (TPSA) is 26.0 Å². The Morgan fingerprint density at radius 3 is 2.31 bits per heavy atom. The third kappa shape index (κ3) is 2.49. The summed E-state index contributed by atoms with van der Waals surface area (Å²) in [6.45, 7) is 5.96. The van der Waals surface area contributed by atoms with Crippen LogP contribution in [0.25, 0.3) is 5.57 Å². The lowest BCUT2D eigenvalue weighted by molar-refractivity contribution is 1.46. The standard InChI is InChI=1S/C9H8I3N/c1-4(2)7-5(10)3-6(11)9(13)8(7)12/h3H,1,13H2,2H3. The first-order valence-electron chi connectivity index (χ1n) is 3.54. The fourth-order valence-corrected chi connectivity index (χ4v) is 5.29. The summed E-state index contributed by atoms with van der Waals surface area (Å²) in [5, 5.41) is 0. The summed E-state index contributed by atoms with van der Waals surface area (Å²) in [6, 6.07) is 2.09. The number of hydrogen-bond donors (Lipinski definition) is 1. The van der Waals surface area contributed by atoms with Crippen LogP contribution in [-0.4, -0.2) is 0 Å². The Morgan fingerprint density at radius 2 is 1.85 bits per heavy atom. The normalized spacial score (nSPS) is 10.2. The van der Waals surface area contributed by atoms with Crippen molar-refractivity contribution in [1.82, 2.24) is 0 Å². The minimum absolute atomic E-state index is 0.861. The van der Waals surface area contributed by atoms with Gasteiger partial charge in [0, 0.05) is 16.3 Å². The van der Waals surface area contributed by atoms with Gasteiger partial charge in [0.15, 0.2) is 0 Å². The summed E-state index contributed by atoms with van der Waals surface area (Å²) in [6.07, 6.45) is 0. The van der Waals surface area contributed by atoms with Crippen LogP contribution >= 0.6 is 67.8 Å². The van der Waals surface area contributed by atoms with E-state index in [-0.39, 0.29) is 0 Å². The Labute approximate surface area is 119 Å². The van der Waals surface area contributed by atoms with E-state index in [1.54, 1.807) is 0 Å². The number of nitrogens with two attached hydrogens (primary N) is 1. The van der Waals surface area contributed by atoms with E-state index >= 15 is 0 Å². The summed E-state index contributed by atoms with van der Waals surface area (Å²) >= 11 is 6.84. The fraction of sp³-hybridized carbons (Fsp3) is 0.111. The Morgan fingerprint density at radius 1 is 1.31 bits per heavy atom. The molecule has 70 valence electrons. The second kappa shape index (κ2) is 4.65. The number of hydrogen-bond acceptors (Lipinski definition) is 1. The van der Waals surface area contributed by atoms with Crippen molar-refractivity contribution in [3.63, 3.8) is 0 Å². The van der Waals surface area contributed by atoms with Crippen LogP contribution in [0.5, 0.6) is 0 Å². The molecule has 0 aliphatic carbocycles. The lowest BCUT2D eigenvalue weighted by Gasteiger charge is -2.11. The quantitative estimate of drug-likeness (QED) is 0.446. The molecule has 0 saturated heterocycles. The smallest absolute Gasteiger partial charge is 0.0592 e. The van der Waals surface area contributed by atoms with Crippen LogP contribution in [0.4, 0.5) is 5.69 Å². The first-order valence-corrected chi connectivity index (χ1v) is 6.77. The van der Waals surface area contributed by atoms with E-state index in [1.807, 2.05) is 6.92 Å². The third-order valence-corrected chi connectivity index (χ3v) is 4.50.